The predicted octanol–water partition coefficient (Wildman–Crippen LogP) is 1.68. The molecule has 2 N–H and O–H groups in total. The second kappa shape index (κ2) is 11.9. The van der Waals surface area contributed by atoms with Gasteiger partial charge in [-0.3, -0.25) is 19.3 Å². The summed E-state index contributed by atoms with van der Waals surface area (Å²) in [7, 11) is 2.05. The van der Waals surface area contributed by atoms with Crippen LogP contribution in [-0.4, -0.2) is 89.3 Å². The van der Waals surface area contributed by atoms with Crippen molar-refractivity contribution in [2.75, 3.05) is 26.7 Å². The third-order valence-corrected chi connectivity index (χ3v) is 6.48. The van der Waals surface area contributed by atoms with Gasteiger partial charge in [0.05, 0.1) is 18.6 Å². The van der Waals surface area contributed by atoms with E-state index in [1.165, 1.54) is 0 Å². The molecule has 2 amide bonds. The number of likely N-dealkylation sites (tertiary alicyclic amines) is 1. The third-order valence-electron chi connectivity index (χ3n) is 6.48. The fourth-order valence-electron chi connectivity index (χ4n) is 4.81. The fourth-order valence-corrected chi connectivity index (χ4v) is 4.81. The minimum atomic E-state index is -0.250. The van der Waals surface area contributed by atoms with Gasteiger partial charge in [0, 0.05) is 43.5 Å². The van der Waals surface area contributed by atoms with Gasteiger partial charge >= 0.3 is 0 Å². The van der Waals surface area contributed by atoms with Gasteiger partial charge < -0.3 is 24.6 Å². The monoisotopic (exact) mass is 474 g/mol. The van der Waals surface area contributed by atoms with E-state index >= 15 is 0 Å². The number of hydrogen-bond acceptors (Lipinski definition) is 7. The molecule has 2 aromatic rings. The highest BCUT2D eigenvalue weighted by Crippen LogP contribution is 2.25. The Labute approximate surface area is 199 Å². The summed E-state index contributed by atoms with van der Waals surface area (Å²) in [5.41, 5.74) is 1.35. The highest BCUT2D eigenvalue weighted by molar-refractivity contribution is 5.86. The molecule has 3 heterocycles. The van der Waals surface area contributed by atoms with E-state index in [0.29, 0.717) is 37.3 Å². The molecule has 0 bridgehead atoms. The topological polar surface area (TPSA) is 125 Å². The number of aromatic nitrogens is 1. The molecule has 10 nitrogen and oxygen atoms in total. The van der Waals surface area contributed by atoms with E-state index in [9.17, 15) is 9.59 Å². The van der Waals surface area contributed by atoms with Crippen LogP contribution in [0.1, 0.15) is 38.8 Å². The van der Waals surface area contributed by atoms with Crippen LogP contribution in [0.25, 0.3) is 11.0 Å². The largest absolute Gasteiger partial charge is 0.483 e. The van der Waals surface area contributed by atoms with Crippen LogP contribution in [-0.2, 0) is 25.5 Å². The molecule has 2 aliphatic rings. The number of nitrogens with one attached hydrogen (secondary N) is 1. The maximum Gasteiger partial charge on any atom is 0.290 e. The van der Waals surface area contributed by atoms with Crippen LogP contribution in [0.2, 0.25) is 0 Å². The Morgan fingerprint density at radius 2 is 1.82 bits per heavy atom. The highest BCUT2D eigenvalue weighted by atomic mass is 16.5. The summed E-state index contributed by atoms with van der Waals surface area (Å²) in [6.45, 7) is 5.67. The zero-order valence-electron chi connectivity index (χ0n) is 20.0. The van der Waals surface area contributed by atoms with Gasteiger partial charge in [0.2, 0.25) is 11.8 Å². The van der Waals surface area contributed by atoms with Crippen molar-refractivity contribution >= 4 is 29.3 Å². The summed E-state index contributed by atoms with van der Waals surface area (Å²) in [4.78, 5) is 37.8. The highest BCUT2D eigenvalue weighted by Gasteiger charge is 2.34. The first kappa shape index (κ1) is 25.6. The zero-order valence-corrected chi connectivity index (χ0v) is 20.0. The average molecular weight is 475 g/mol. The molecule has 0 unspecified atom stereocenters. The number of para-hydroxylation sites is 1. The van der Waals surface area contributed by atoms with E-state index in [-0.39, 0.29) is 49.0 Å². The molecule has 0 radical (unpaired) electrons. The van der Waals surface area contributed by atoms with Gasteiger partial charge in [-0.1, -0.05) is 17.3 Å². The number of ether oxygens (including phenoxy) is 1. The van der Waals surface area contributed by atoms with Gasteiger partial charge in [0.15, 0.2) is 5.58 Å². The lowest BCUT2D eigenvalue weighted by Gasteiger charge is -2.36. The molecule has 0 aliphatic carbocycles. The molecule has 0 saturated carbocycles. The molecular weight excluding hydrogens is 440 g/mol. The molecule has 0 spiro atoms. The van der Waals surface area contributed by atoms with Crippen molar-refractivity contribution in [1.82, 2.24) is 20.3 Å². The molecule has 10 heteroatoms. The standard InChI is InChI=1S/C23H32N4O4.CH2O2/c1-15-13-27(14-16(2)30-15)23(29)10-17-8-9-18(26(17)3)12-24-22(28)11-20-19-6-4-5-7-21(19)31-25-20;2-1-3/h4-7,15-18H,8-14H2,1-3H3,(H,24,28);1H,(H,2,3)/t15-,16+,17-,18+;/m1./s1. The maximum absolute atomic E-state index is 12.8. The Morgan fingerprint density at radius 3 is 2.53 bits per heavy atom. The van der Waals surface area contributed by atoms with Crippen LogP contribution in [0.4, 0.5) is 0 Å². The van der Waals surface area contributed by atoms with Crippen LogP contribution >= 0.6 is 0 Å². The summed E-state index contributed by atoms with van der Waals surface area (Å²) in [6, 6.07) is 8.00. The van der Waals surface area contributed by atoms with Crippen molar-refractivity contribution in [2.45, 2.75) is 63.8 Å². The SMILES string of the molecule is C[C@@H]1CN(C(=O)C[C@H]2CC[C@@H](CNC(=O)Cc3noc4ccccc34)N2C)C[C@H](C)O1.O=CO. The van der Waals surface area contributed by atoms with Crippen molar-refractivity contribution in [3.63, 3.8) is 0 Å². The van der Waals surface area contributed by atoms with E-state index in [2.05, 4.69) is 22.4 Å². The van der Waals surface area contributed by atoms with Crippen LogP contribution in [0, 0.1) is 0 Å². The minimum Gasteiger partial charge on any atom is -0.483 e. The van der Waals surface area contributed by atoms with Gasteiger partial charge in [0.25, 0.3) is 6.47 Å². The second-order valence-corrected chi connectivity index (χ2v) is 9.02. The summed E-state index contributed by atoms with van der Waals surface area (Å²) < 4.78 is 11.0. The summed E-state index contributed by atoms with van der Waals surface area (Å²) in [5, 5.41) is 14.8. The van der Waals surface area contributed by atoms with Crippen LogP contribution in [0.3, 0.4) is 0 Å². The van der Waals surface area contributed by atoms with Gasteiger partial charge in [0.1, 0.15) is 5.69 Å². The summed E-state index contributed by atoms with van der Waals surface area (Å²) in [6.07, 6.45) is 2.82. The number of rotatable bonds is 6. The number of morpholine rings is 1. The number of hydrogen-bond donors (Lipinski definition) is 2. The molecule has 2 saturated heterocycles. The fraction of sp³-hybridized carbons (Fsp3) is 0.583. The van der Waals surface area contributed by atoms with Crippen LogP contribution < -0.4 is 5.32 Å². The van der Waals surface area contributed by atoms with Gasteiger partial charge in [-0.05, 0) is 45.9 Å². The summed E-state index contributed by atoms with van der Waals surface area (Å²) in [5.74, 6) is 0.129. The Kier molecular flexibility index (Phi) is 9.00. The van der Waals surface area contributed by atoms with Crippen molar-refractivity contribution in [3.05, 3.63) is 30.0 Å². The quantitative estimate of drug-likeness (QED) is 0.606. The number of likely N-dealkylation sites (N-methyl/N-ethyl adjacent to an activating group) is 1. The van der Waals surface area contributed by atoms with E-state index in [1.54, 1.807) is 0 Å². The first-order valence-corrected chi connectivity index (χ1v) is 11.6. The number of carbonyl (C=O) groups is 3. The smallest absolute Gasteiger partial charge is 0.290 e. The molecule has 2 aliphatic heterocycles. The normalized spacial score (nSPS) is 25.0. The molecular formula is C24H34N4O6. The second-order valence-electron chi connectivity index (χ2n) is 9.02. The number of nitrogens with zero attached hydrogens (tertiary/aromatic N) is 3. The molecule has 1 aromatic heterocycles. The molecule has 2 fully saturated rings. The van der Waals surface area contributed by atoms with Crippen molar-refractivity contribution < 1.29 is 28.8 Å². The van der Waals surface area contributed by atoms with Crippen LogP contribution in [0.15, 0.2) is 28.8 Å². The Morgan fingerprint density at radius 1 is 1.18 bits per heavy atom. The van der Waals surface area contributed by atoms with Crippen molar-refractivity contribution in [1.29, 1.82) is 0 Å². The molecule has 4 atom stereocenters. The zero-order chi connectivity index (χ0) is 24.7. The first-order valence-electron chi connectivity index (χ1n) is 11.6. The van der Waals surface area contributed by atoms with Crippen molar-refractivity contribution in [3.8, 4) is 0 Å². The van der Waals surface area contributed by atoms with E-state index < -0.39 is 0 Å². The maximum atomic E-state index is 12.8. The lowest BCUT2D eigenvalue weighted by molar-refractivity contribution is -0.144. The predicted molar refractivity (Wildman–Crippen MR) is 125 cm³/mol. The number of carboxylic acid groups (broad SMARTS) is 1. The Balaban J connectivity index is 0.00000103. The molecule has 34 heavy (non-hydrogen) atoms. The Hall–Kier alpha value is -2.98. The minimum absolute atomic E-state index is 0.0664. The summed E-state index contributed by atoms with van der Waals surface area (Å²) >= 11 is 0. The number of fused-ring (bicyclic) bond motifs is 1. The van der Waals surface area contributed by atoms with Crippen molar-refractivity contribution in [2.24, 2.45) is 0 Å². The number of carbonyl (C=O) groups excluding carboxylic acids is 2. The molecule has 1 aromatic carbocycles. The Bertz CT molecular complexity index is 969. The van der Waals surface area contributed by atoms with E-state index in [0.717, 1.165) is 18.2 Å². The first-order chi connectivity index (χ1) is 16.3. The van der Waals surface area contributed by atoms with E-state index in [1.807, 2.05) is 43.0 Å². The number of amides is 2. The number of benzene rings is 1. The van der Waals surface area contributed by atoms with Gasteiger partial charge in [-0.2, -0.15) is 0 Å². The van der Waals surface area contributed by atoms with Gasteiger partial charge in [-0.15, -0.1) is 0 Å². The van der Waals surface area contributed by atoms with E-state index in [4.69, 9.17) is 19.2 Å². The molecule has 4 rings (SSSR count). The lowest BCUT2D eigenvalue weighted by Crippen LogP contribution is -2.49. The third kappa shape index (κ3) is 6.54. The lowest BCUT2D eigenvalue weighted by atomic mass is 10.1. The molecule has 186 valence electrons. The van der Waals surface area contributed by atoms with Crippen LogP contribution in [0.5, 0.6) is 0 Å². The average Bonchev–Trinajstić information content (AvgIpc) is 3.36. The van der Waals surface area contributed by atoms with Gasteiger partial charge in [-0.25, -0.2) is 0 Å².